The molecule has 1 aromatic carbocycles. The van der Waals surface area contributed by atoms with Gasteiger partial charge in [-0.15, -0.1) is 0 Å². The van der Waals surface area contributed by atoms with Crippen LogP contribution in [0.4, 0.5) is 5.69 Å². The number of hydrogen-bond acceptors (Lipinski definition) is 5. The average Bonchev–Trinajstić information content (AvgIpc) is 3.08. The number of carbonyl (C=O) groups excluding carboxylic acids is 1. The van der Waals surface area contributed by atoms with Gasteiger partial charge in [0.15, 0.2) is 5.65 Å². The second-order valence-electron chi connectivity index (χ2n) is 6.23. The number of carbonyl (C=O) groups is 1. The van der Waals surface area contributed by atoms with E-state index in [4.69, 9.17) is 0 Å². The van der Waals surface area contributed by atoms with E-state index in [9.17, 15) is 14.4 Å². The molecule has 0 bridgehead atoms. The first-order valence-electron chi connectivity index (χ1n) is 8.75. The summed E-state index contributed by atoms with van der Waals surface area (Å²) in [5.74, 6) is 0.326. The number of fused-ring (bicyclic) bond motifs is 1. The fourth-order valence-electron chi connectivity index (χ4n) is 2.75. The van der Waals surface area contributed by atoms with Gasteiger partial charge in [-0.3, -0.25) is 19.1 Å². The van der Waals surface area contributed by atoms with Crippen LogP contribution in [0.5, 0.6) is 0 Å². The average molecular weight is 370 g/mol. The number of hydrogen-bond donors (Lipinski definition) is 4. The third-order valence-corrected chi connectivity index (χ3v) is 4.18. The maximum atomic E-state index is 12.2. The fraction of sp³-hybridized carbons (Fsp3) is 0.333. The monoisotopic (exact) mass is 370 g/mol. The van der Waals surface area contributed by atoms with Crippen LogP contribution in [-0.2, 0) is 24.8 Å². The van der Waals surface area contributed by atoms with Gasteiger partial charge < -0.3 is 15.6 Å². The molecule has 142 valence electrons. The second-order valence-corrected chi connectivity index (χ2v) is 6.23. The summed E-state index contributed by atoms with van der Waals surface area (Å²) in [6, 6.07) is 7.66. The van der Waals surface area contributed by atoms with Crippen molar-refractivity contribution in [2.45, 2.75) is 26.3 Å². The summed E-state index contributed by atoms with van der Waals surface area (Å²) >= 11 is 0. The Balaban J connectivity index is 1.65. The van der Waals surface area contributed by atoms with E-state index in [2.05, 4.69) is 25.6 Å². The zero-order chi connectivity index (χ0) is 19.4. The Morgan fingerprint density at radius 1 is 1.26 bits per heavy atom. The quantitative estimate of drug-likeness (QED) is 0.485. The standard InChI is InChI=1S/C18H22N6O3/c1-3-19-10-11-5-4-6-12(9-11)20-14(25)8-7-13-21-15-16(22-13)24(2)18(27)23-17(15)26/h4-6,9,19H,3,7-8,10H2,1-2H3,(H,20,25)(H,21,22)(H,23,26,27). The topological polar surface area (TPSA) is 125 Å². The van der Waals surface area contributed by atoms with Crippen molar-refractivity contribution in [2.24, 2.45) is 7.05 Å². The summed E-state index contributed by atoms with van der Waals surface area (Å²) in [5, 5.41) is 6.10. The van der Waals surface area contributed by atoms with Gasteiger partial charge in [-0.05, 0) is 24.2 Å². The lowest BCUT2D eigenvalue weighted by atomic mass is 10.2. The van der Waals surface area contributed by atoms with E-state index in [1.54, 1.807) is 0 Å². The number of benzene rings is 1. The van der Waals surface area contributed by atoms with E-state index in [0.29, 0.717) is 12.2 Å². The molecule has 0 saturated heterocycles. The van der Waals surface area contributed by atoms with Crippen LogP contribution < -0.4 is 21.9 Å². The number of amides is 1. The number of rotatable bonds is 7. The number of nitrogens with one attached hydrogen (secondary N) is 4. The minimum absolute atomic E-state index is 0.154. The maximum absolute atomic E-state index is 12.2. The normalized spacial score (nSPS) is 11.0. The zero-order valence-corrected chi connectivity index (χ0v) is 15.3. The van der Waals surface area contributed by atoms with Gasteiger partial charge in [-0.2, -0.15) is 0 Å². The van der Waals surface area contributed by atoms with Gasteiger partial charge in [0.2, 0.25) is 5.91 Å². The van der Waals surface area contributed by atoms with Gasteiger partial charge in [-0.1, -0.05) is 19.1 Å². The van der Waals surface area contributed by atoms with E-state index >= 15 is 0 Å². The molecule has 27 heavy (non-hydrogen) atoms. The van der Waals surface area contributed by atoms with Crippen LogP contribution in [0.3, 0.4) is 0 Å². The fourth-order valence-corrected chi connectivity index (χ4v) is 2.75. The predicted octanol–water partition coefficient (Wildman–Crippen LogP) is 0.631. The van der Waals surface area contributed by atoms with Gasteiger partial charge >= 0.3 is 5.69 Å². The lowest BCUT2D eigenvalue weighted by Crippen LogP contribution is -2.28. The Hall–Kier alpha value is -3.20. The van der Waals surface area contributed by atoms with Gasteiger partial charge in [0, 0.05) is 32.1 Å². The van der Waals surface area contributed by atoms with Gasteiger partial charge in [0.1, 0.15) is 11.3 Å². The molecule has 9 nitrogen and oxygen atoms in total. The Morgan fingerprint density at radius 3 is 2.85 bits per heavy atom. The molecule has 0 aliphatic heterocycles. The summed E-state index contributed by atoms with van der Waals surface area (Å²) in [4.78, 5) is 45.0. The number of H-pyrrole nitrogens is 2. The molecule has 9 heteroatoms. The zero-order valence-electron chi connectivity index (χ0n) is 15.3. The number of aryl methyl sites for hydroxylation is 2. The molecule has 0 unspecified atom stereocenters. The predicted molar refractivity (Wildman–Crippen MR) is 103 cm³/mol. The van der Waals surface area contributed by atoms with Crippen LogP contribution in [0.2, 0.25) is 0 Å². The molecule has 1 amide bonds. The lowest BCUT2D eigenvalue weighted by Gasteiger charge is -2.07. The molecule has 0 saturated carbocycles. The first-order valence-corrected chi connectivity index (χ1v) is 8.75. The summed E-state index contributed by atoms with van der Waals surface area (Å²) in [6.07, 6.45) is 0.522. The van der Waals surface area contributed by atoms with Crippen molar-refractivity contribution in [3.8, 4) is 0 Å². The molecule has 0 radical (unpaired) electrons. The van der Waals surface area contributed by atoms with Crippen molar-refractivity contribution in [1.29, 1.82) is 0 Å². The smallest absolute Gasteiger partial charge is 0.329 e. The van der Waals surface area contributed by atoms with Crippen LogP contribution in [0, 0.1) is 0 Å². The molecule has 0 atom stereocenters. The number of anilines is 1. The van der Waals surface area contributed by atoms with Crippen LogP contribution in [0.1, 0.15) is 24.7 Å². The molecule has 0 aliphatic rings. The van der Waals surface area contributed by atoms with Crippen molar-refractivity contribution >= 4 is 22.8 Å². The largest absolute Gasteiger partial charge is 0.336 e. The van der Waals surface area contributed by atoms with Crippen molar-refractivity contribution < 1.29 is 4.79 Å². The van der Waals surface area contributed by atoms with Gasteiger partial charge in [-0.25, -0.2) is 9.78 Å². The van der Waals surface area contributed by atoms with Crippen molar-refractivity contribution in [2.75, 3.05) is 11.9 Å². The highest BCUT2D eigenvalue weighted by atomic mass is 16.2. The molecule has 2 aromatic heterocycles. The first kappa shape index (κ1) is 18.6. The molecule has 0 aliphatic carbocycles. The van der Waals surface area contributed by atoms with E-state index in [1.807, 2.05) is 31.2 Å². The molecule has 0 fully saturated rings. The van der Waals surface area contributed by atoms with Crippen LogP contribution in [0.15, 0.2) is 33.9 Å². The highest BCUT2D eigenvalue weighted by Crippen LogP contribution is 2.12. The van der Waals surface area contributed by atoms with Crippen molar-refractivity contribution in [3.63, 3.8) is 0 Å². The number of aromatic nitrogens is 4. The number of imidazole rings is 1. The maximum Gasteiger partial charge on any atom is 0.329 e. The van der Waals surface area contributed by atoms with Gasteiger partial charge in [0.05, 0.1) is 0 Å². The molecular weight excluding hydrogens is 348 g/mol. The minimum Gasteiger partial charge on any atom is -0.336 e. The molecule has 3 rings (SSSR count). The Labute approximate surface area is 154 Å². The third kappa shape index (κ3) is 4.32. The van der Waals surface area contributed by atoms with E-state index in [0.717, 1.165) is 24.3 Å². The van der Waals surface area contributed by atoms with Crippen LogP contribution in [0.25, 0.3) is 11.2 Å². The molecule has 4 N–H and O–H groups in total. The SMILES string of the molecule is CCNCc1cccc(NC(=O)CCc2nc3c([nH]2)c(=O)[nH]c(=O)n3C)c1. The number of nitrogens with zero attached hydrogens (tertiary/aromatic N) is 2. The Morgan fingerprint density at radius 2 is 2.07 bits per heavy atom. The van der Waals surface area contributed by atoms with Crippen LogP contribution >= 0.6 is 0 Å². The molecule has 0 spiro atoms. The Kier molecular flexibility index (Phi) is 5.51. The minimum atomic E-state index is -0.527. The van der Waals surface area contributed by atoms with Gasteiger partial charge in [0.25, 0.3) is 5.56 Å². The van der Waals surface area contributed by atoms with Crippen molar-refractivity contribution in [1.82, 2.24) is 24.8 Å². The molecule has 2 heterocycles. The highest BCUT2D eigenvalue weighted by molar-refractivity contribution is 5.90. The summed E-state index contributed by atoms with van der Waals surface area (Å²) in [5.41, 5.74) is 1.28. The van der Waals surface area contributed by atoms with Crippen molar-refractivity contribution in [3.05, 3.63) is 56.5 Å². The second kappa shape index (κ2) is 8.00. The molecular formula is C18H22N6O3. The number of aromatic amines is 2. The first-order chi connectivity index (χ1) is 13.0. The third-order valence-electron chi connectivity index (χ3n) is 4.18. The Bertz CT molecular complexity index is 1080. The highest BCUT2D eigenvalue weighted by Gasteiger charge is 2.12. The van der Waals surface area contributed by atoms with E-state index in [1.165, 1.54) is 11.6 Å². The van der Waals surface area contributed by atoms with E-state index in [-0.39, 0.29) is 23.5 Å². The van der Waals surface area contributed by atoms with Crippen LogP contribution in [-0.4, -0.2) is 32.0 Å². The summed E-state index contributed by atoms with van der Waals surface area (Å²) < 4.78 is 1.26. The lowest BCUT2D eigenvalue weighted by molar-refractivity contribution is -0.116. The summed E-state index contributed by atoms with van der Waals surface area (Å²) in [7, 11) is 1.53. The summed E-state index contributed by atoms with van der Waals surface area (Å²) in [6.45, 7) is 3.66. The van der Waals surface area contributed by atoms with E-state index < -0.39 is 11.2 Å². The molecule has 3 aromatic rings.